The fraction of sp³-hybridized carbons (Fsp3) is 0.649. The highest BCUT2D eigenvalue weighted by Crippen LogP contribution is 2.38. The van der Waals surface area contributed by atoms with Gasteiger partial charge in [0.1, 0.15) is 10.5 Å². The predicted molar refractivity (Wildman–Crippen MR) is 189 cm³/mol. The maximum atomic E-state index is 12.9. The number of likely N-dealkylation sites (tertiary alicyclic amines) is 1. The Hall–Kier alpha value is -2.82. The molecule has 0 unspecified atom stereocenters. The highest BCUT2D eigenvalue weighted by molar-refractivity contribution is 7.80. The van der Waals surface area contributed by atoms with Gasteiger partial charge in [-0.05, 0) is 115 Å². The van der Waals surface area contributed by atoms with E-state index in [4.69, 9.17) is 0 Å². The zero-order valence-corrected chi connectivity index (χ0v) is 30.1. The van der Waals surface area contributed by atoms with Gasteiger partial charge in [-0.1, -0.05) is 20.8 Å². The van der Waals surface area contributed by atoms with Crippen molar-refractivity contribution in [1.29, 1.82) is 0 Å². The van der Waals surface area contributed by atoms with E-state index in [0.29, 0.717) is 24.8 Å². The molecule has 3 aliphatic rings. The number of aromatic hydroxyl groups is 1. The number of carbonyl (C=O) groups excluding carboxylic acids is 3. The number of fused-ring (bicyclic) bond motifs is 1. The van der Waals surface area contributed by atoms with E-state index < -0.39 is 0 Å². The fourth-order valence-electron chi connectivity index (χ4n) is 7.33. The van der Waals surface area contributed by atoms with Crippen molar-refractivity contribution in [2.24, 2.45) is 23.2 Å². The Balaban J connectivity index is 0.00000500. The van der Waals surface area contributed by atoms with Crippen LogP contribution in [0.4, 0.5) is 0 Å². The fourth-order valence-corrected chi connectivity index (χ4v) is 8.50. The van der Waals surface area contributed by atoms with Crippen LogP contribution in [-0.2, 0) is 39.1 Å². The number of hydrogen-bond donors (Lipinski definition) is 3. The second-order valence-electron chi connectivity index (χ2n) is 16.1. The summed E-state index contributed by atoms with van der Waals surface area (Å²) in [4.78, 5) is 44.2. The molecule has 1 saturated carbocycles. The number of carbonyl (C=O) groups is 3. The minimum atomic E-state index is -0.221. The number of nitrogens with one attached hydrogen (secondary N) is 2. The summed E-state index contributed by atoms with van der Waals surface area (Å²) in [5.74, 6) is 0.964. The van der Waals surface area contributed by atoms with Gasteiger partial charge in [0, 0.05) is 66.0 Å². The van der Waals surface area contributed by atoms with Crippen molar-refractivity contribution in [3.05, 3.63) is 35.4 Å². The second-order valence-corrected chi connectivity index (χ2v) is 18.1. The van der Waals surface area contributed by atoms with Crippen molar-refractivity contribution in [3.8, 4) is 5.75 Å². The summed E-state index contributed by atoms with van der Waals surface area (Å²) in [6.45, 7) is 17.5. The van der Waals surface area contributed by atoms with E-state index in [1.54, 1.807) is 0 Å². The van der Waals surface area contributed by atoms with Gasteiger partial charge in [0.05, 0.1) is 5.52 Å². The third-order valence-corrected chi connectivity index (χ3v) is 11.1. The lowest BCUT2D eigenvalue weighted by molar-refractivity contribution is -0.138. The van der Waals surface area contributed by atoms with Crippen LogP contribution in [0.3, 0.4) is 0 Å². The van der Waals surface area contributed by atoms with E-state index in [-0.39, 0.29) is 45.2 Å². The summed E-state index contributed by atoms with van der Waals surface area (Å²) in [7, 11) is 0. The summed E-state index contributed by atoms with van der Waals surface area (Å²) in [6, 6.07) is 3.97. The number of hydrogen-bond acceptors (Lipinski definition) is 6. The Morgan fingerprint density at radius 1 is 0.936 bits per heavy atom. The molecule has 3 heterocycles. The molecular weight excluding hydrogens is 612 g/mol. The van der Waals surface area contributed by atoms with Crippen LogP contribution in [0.1, 0.15) is 97.6 Å². The zero-order chi connectivity index (χ0) is 33.2. The lowest BCUT2D eigenvalue weighted by Gasteiger charge is -2.32. The average molecular weight is 669 g/mol. The van der Waals surface area contributed by atoms with Gasteiger partial charge in [0.25, 0.3) is 11.8 Å². The molecule has 0 radical (unpaired) electrons. The number of H-pyrrole nitrogens is 1. The maximum absolute atomic E-state index is 12.9. The van der Waals surface area contributed by atoms with Gasteiger partial charge in [-0.25, -0.2) is 0 Å². The van der Waals surface area contributed by atoms with E-state index in [9.17, 15) is 19.5 Å². The van der Waals surface area contributed by atoms with Crippen LogP contribution >= 0.6 is 0 Å². The minimum Gasteiger partial charge on any atom is -0.870 e. The first kappa shape index (κ1) is 37.0. The van der Waals surface area contributed by atoms with Crippen LogP contribution in [0, 0.1) is 23.2 Å². The van der Waals surface area contributed by atoms with Crippen LogP contribution < -0.4 is 5.32 Å². The van der Waals surface area contributed by atoms with Crippen molar-refractivity contribution in [3.63, 3.8) is 0 Å². The number of benzene rings is 1. The number of thiol groups is 1. The molecule has 9 nitrogen and oxygen atoms in total. The van der Waals surface area contributed by atoms with Gasteiger partial charge in [-0.3, -0.25) is 24.2 Å². The number of imide groups is 1. The molecule has 1 aromatic carbocycles. The molecular formula is C37H56N4O5S. The Morgan fingerprint density at radius 3 is 2.17 bits per heavy atom. The molecule has 2 fully saturated rings. The lowest BCUT2D eigenvalue weighted by atomic mass is 9.81. The smallest absolute Gasteiger partial charge is 0.253 e. The molecule has 3 amide bonds. The SMILES string of the molecule is CC(C)(C)Cc1c([SH+]C(C)(C)C)[nH]c2c(CN3CCC(CCNC(=O)C4CCC(CN5C(=O)C=CC5=O)CC4)CC3)c(O)ccc12.[OH-]. The second kappa shape index (κ2) is 15.2. The molecule has 1 aliphatic carbocycles. The molecule has 0 atom stereocenters. The molecule has 2 aliphatic heterocycles. The number of piperidine rings is 1. The Morgan fingerprint density at radius 2 is 1.57 bits per heavy atom. The largest absolute Gasteiger partial charge is 0.870 e. The topological polar surface area (TPSA) is 136 Å². The Labute approximate surface area is 284 Å². The lowest BCUT2D eigenvalue weighted by Crippen LogP contribution is -2.39. The first-order valence-electron chi connectivity index (χ1n) is 17.3. The van der Waals surface area contributed by atoms with Crippen LogP contribution in [-0.4, -0.2) is 74.0 Å². The molecule has 260 valence electrons. The Bertz CT molecular complexity index is 1440. The van der Waals surface area contributed by atoms with Crippen molar-refractivity contribution in [1.82, 2.24) is 20.1 Å². The van der Waals surface area contributed by atoms with Gasteiger partial charge >= 0.3 is 0 Å². The van der Waals surface area contributed by atoms with E-state index >= 15 is 0 Å². The molecule has 1 aromatic heterocycles. The maximum Gasteiger partial charge on any atom is 0.253 e. The quantitative estimate of drug-likeness (QED) is 0.169. The van der Waals surface area contributed by atoms with Crippen LogP contribution in [0.2, 0.25) is 0 Å². The summed E-state index contributed by atoms with van der Waals surface area (Å²) >= 11 is 1.27. The van der Waals surface area contributed by atoms with Crippen LogP contribution in [0.15, 0.2) is 29.3 Å². The van der Waals surface area contributed by atoms with Crippen molar-refractivity contribution in [2.75, 3.05) is 26.2 Å². The third-order valence-electron chi connectivity index (χ3n) is 9.80. The van der Waals surface area contributed by atoms with E-state index in [1.807, 2.05) is 6.07 Å². The first-order chi connectivity index (χ1) is 21.7. The molecule has 1 saturated heterocycles. The molecule has 4 N–H and O–H groups in total. The number of nitrogens with zero attached hydrogens (tertiary/aromatic N) is 2. The number of amides is 3. The normalized spacial score (nSPS) is 21.4. The standard InChI is InChI=1S/C37H54N4O4S.H2O/c1-36(2,3)21-28-27-11-12-30(42)29(33(27)39-35(28)46-37(4,5)6)23-40-19-16-24(17-20-40)15-18-38-34(45)26-9-7-25(8-10-26)22-41-31(43)13-14-32(41)44;/h11-14,24-26,39,42H,7-10,15-23H2,1-6H3,(H,38,45);1H2. The molecule has 47 heavy (non-hydrogen) atoms. The highest BCUT2D eigenvalue weighted by Gasteiger charge is 2.33. The monoisotopic (exact) mass is 668 g/mol. The number of rotatable bonds is 10. The number of phenolic OH excluding ortho intramolecular Hbond substituents is 1. The van der Waals surface area contributed by atoms with Crippen molar-refractivity contribution >= 4 is 40.4 Å². The summed E-state index contributed by atoms with van der Waals surface area (Å²) in [5.41, 5.74) is 3.62. The first-order valence-corrected chi connectivity index (χ1v) is 18.2. The van der Waals surface area contributed by atoms with Gasteiger partial charge in [-0.15, -0.1) is 0 Å². The predicted octanol–water partition coefficient (Wildman–Crippen LogP) is 5.71. The molecule has 0 spiro atoms. The average Bonchev–Trinajstić information content (AvgIpc) is 3.47. The van der Waals surface area contributed by atoms with E-state index in [0.717, 1.165) is 82.1 Å². The van der Waals surface area contributed by atoms with Crippen molar-refractivity contribution in [2.45, 2.75) is 109 Å². The molecule has 5 rings (SSSR count). The van der Waals surface area contributed by atoms with Crippen LogP contribution in [0.25, 0.3) is 10.9 Å². The number of aromatic nitrogens is 1. The highest BCUT2D eigenvalue weighted by atomic mass is 32.2. The minimum absolute atomic E-state index is 0. The van der Waals surface area contributed by atoms with E-state index in [2.05, 4.69) is 62.8 Å². The van der Waals surface area contributed by atoms with Gasteiger partial charge in [0.2, 0.25) is 10.9 Å². The summed E-state index contributed by atoms with van der Waals surface area (Å²) < 4.78 is 0.132. The van der Waals surface area contributed by atoms with Crippen LogP contribution in [0.5, 0.6) is 5.75 Å². The summed E-state index contributed by atoms with van der Waals surface area (Å²) in [6.07, 6.45) is 10.2. The summed E-state index contributed by atoms with van der Waals surface area (Å²) in [5, 5.41) is 16.7. The number of aromatic amines is 1. The van der Waals surface area contributed by atoms with Gasteiger partial charge < -0.3 is 20.9 Å². The Kier molecular flexibility index (Phi) is 11.9. The van der Waals surface area contributed by atoms with Gasteiger partial charge in [-0.2, -0.15) is 0 Å². The van der Waals surface area contributed by atoms with Gasteiger partial charge in [0.15, 0.2) is 0 Å². The zero-order valence-electron chi connectivity index (χ0n) is 29.2. The molecule has 0 bridgehead atoms. The van der Waals surface area contributed by atoms with E-state index in [1.165, 1.54) is 44.8 Å². The number of phenols is 1. The van der Waals surface area contributed by atoms with Crippen molar-refractivity contribution < 1.29 is 25.0 Å². The molecule has 10 heteroatoms. The molecule has 2 aromatic rings. The third kappa shape index (κ3) is 9.63.